The van der Waals surface area contributed by atoms with Gasteiger partial charge in [-0.15, -0.1) is 16.4 Å². The minimum Gasteiger partial charge on any atom is -0.240 e. The van der Waals surface area contributed by atoms with E-state index in [-0.39, 0.29) is 0 Å². The predicted octanol–water partition coefficient (Wildman–Crippen LogP) is 3.73. The molecule has 1 aliphatic rings. The summed E-state index contributed by atoms with van der Waals surface area (Å²) in [6.07, 6.45) is 2.37. The summed E-state index contributed by atoms with van der Waals surface area (Å²) in [6, 6.07) is 9.00. The van der Waals surface area contributed by atoms with Crippen molar-refractivity contribution in [2.75, 3.05) is 0 Å². The first-order valence-corrected chi connectivity index (χ1v) is 9.08. The van der Waals surface area contributed by atoms with Crippen LogP contribution in [-0.4, -0.2) is 25.2 Å². The molecule has 2 aromatic heterocycles. The number of benzene rings is 1. The highest BCUT2D eigenvalue weighted by atomic mass is 32.2. The number of tetrazole rings is 1. The van der Waals surface area contributed by atoms with Crippen molar-refractivity contribution in [1.82, 2.24) is 25.2 Å². The molecule has 0 spiro atoms. The monoisotopic (exact) mass is 329 g/mol. The predicted molar refractivity (Wildman–Crippen MR) is 87.9 cm³/mol. The highest BCUT2D eigenvalue weighted by Gasteiger charge is 2.27. The Bertz CT molecular complexity index is 773. The zero-order chi connectivity index (χ0) is 14.9. The molecule has 4 rings (SSSR count). The summed E-state index contributed by atoms with van der Waals surface area (Å²) in [7, 11) is 0. The Morgan fingerprint density at radius 2 is 2.09 bits per heavy atom. The van der Waals surface area contributed by atoms with Crippen LogP contribution in [0.25, 0.3) is 10.6 Å². The summed E-state index contributed by atoms with van der Waals surface area (Å²) in [5.41, 5.74) is 3.52. The van der Waals surface area contributed by atoms with E-state index >= 15 is 0 Å². The fraction of sp³-hybridized carbons (Fsp3) is 0.333. The van der Waals surface area contributed by atoms with Crippen molar-refractivity contribution in [1.29, 1.82) is 0 Å². The molecule has 7 heteroatoms. The molecule has 0 radical (unpaired) electrons. The van der Waals surface area contributed by atoms with E-state index in [9.17, 15) is 0 Å². The van der Waals surface area contributed by atoms with Gasteiger partial charge in [0.25, 0.3) is 0 Å². The van der Waals surface area contributed by atoms with E-state index in [1.54, 1.807) is 23.1 Å². The first kappa shape index (κ1) is 13.9. The highest BCUT2D eigenvalue weighted by molar-refractivity contribution is 7.98. The first-order valence-electron chi connectivity index (χ1n) is 7.22. The third-order valence-electron chi connectivity index (χ3n) is 3.55. The molecule has 1 aromatic carbocycles. The van der Waals surface area contributed by atoms with Crippen LogP contribution in [0.15, 0.2) is 34.8 Å². The van der Waals surface area contributed by atoms with Gasteiger partial charge >= 0.3 is 0 Å². The third kappa shape index (κ3) is 2.91. The lowest BCUT2D eigenvalue weighted by Gasteiger charge is -2.00. The molecule has 0 saturated heterocycles. The lowest BCUT2D eigenvalue weighted by atomic mass is 10.2. The molecular formula is C15H15N5S2. The van der Waals surface area contributed by atoms with Crippen molar-refractivity contribution in [3.63, 3.8) is 0 Å². The number of hydrogen-bond donors (Lipinski definition) is 0. The SMILES string of the molecule is Cc1ccc(-c2nc(CSc3nnnn3C3CC3)cs2)cc1. The van der Waals surface area contributed by atoms with Crippen LogP contribution in [0.4, 0.5) is 0 Å². The minimum atomic E-state index is 0.510. The second kappa shape index (κ2) is 5.81. The van der Waals surface area contributed by atoms with E-state index in [1.807, 2.05) is 4.68 Å². The number of aromatic nitrogens is 5. The maximum atomic E-state index is 4.72. The van der Waals surface area contributed by atoms with E-state index in [0.29, 0.717) is 6.04 Å². The maximum absolute atomic E-state index is 4.72. The van der Waals surface area contributed by atoms with Gasteiger partial charge in [-0.2, -0.15) is 0 Å². The second-order valence-corrected chi connectivity index (χ2v) is 7.24. The molecule has 1 fully saturated rings. The lowest BCUT2D eigenvalue weighted by molar-refractivity contribution is 0.565. The standard InChI is InChI=1S/C15H15N5S2/c1-10-2-4-11(5-3-10)14-16-12(8-21-14)9-22-15-17-18-19-20(15)13-6-7-13/h2-5,8,13H,6-7,9H2,1H3. The Morgan fingerprint density at radius 3 is 2.86 bits per heavy atom. The van der Waals surface area contributed by atoms with E-state index in [0.717, 1.165) is 21.6 Å². The van der Waals surface area contributed by atoms with Crippen LogP contribution in [0.3, 0.4) is 0 Å². The van der Waals surface area contributed by atoms with Gasteiger partial charge in [0, 0.05) is 16.7 Å². The summed E-state index contributed by atoms with van der Waals surface area (Å²) >= 11 is 3.34. The van der Waals surface area contributed by atoms with Gasteiger partial charge < -0.3 is 0 Å². The summed E-state index contributed by atoms with van der Waals surface area (Å²) in [6.45, 7) is 2.09. The van der Waals surface area contributed by atoms with Crippen LogP contribution in [0.2, 0.25) is 0 Å². The summed E-state index contributed by atoms with van der Waals surface area (Å²) in [5.74, 6) is 0.801. The normalized spacial score (nSPS) is 14.4. The van der Waals surface area contributed by atoms with Crippen LogP contribution in [0.1, 0.15) is 30.1 Å². The molecule has 2 heterocycles. The quantitative estimate of drug-likeness (QED) is 0.668. The summed E-state index contributed by atoms with van der Waals surface area (Å²) in [5, 5.41) is 16.0. The zero-order valence-corrected chi connectivity index (χ0v) is 13.8. The Hall–Kier alpha value is -1.73. The van der Waals surface area contributed by atoms with E-state index in [4.69, 9.17) is 4.98 Å². The number of thiazole rings is 1. The number of nitrogens with zero attached hydrogens (tertiary/aromatic N) is 5. The van der Waals surface area contributed by atoms with Gasteiger partial charge in [-0.05, 0) is 30.2 Å². The molecule has 0 bridgehead atoms. The Morgan fingerprint density at radius 1 is 1.27 bits per heavy atom. The smallest absolute Gasteiger partial charge is 0.209 e. The van der Waals surface area contributed by atoms with Gasteiger partial charge in [0.05, 0.1) is 11.7 Å². The van der Waals surface area contributed by atoms with Gasteiger partial charge in [-0.3, -0.25) is 0 Å². The topological polar surface area (TPSA) is 56.5 Å². The van der Waals surface area contributed by atoms with E-state index in [2.05, 4.69) is 52.1 Å². The Labute approximate surface area is 136 Å². The van der Waals surface area contributed by atoms with Crippen molar-refractivity contribution in [3.8, 4) is 10.6 Å². The molecule has 1 aliphatic carbocycles. The van der Waals surface area contributed by atoms with Crippen molar-refractivity contribution in [2.24, 2.45) is 0 Å². The van der Waals surface area contributed by atoms with Crippen LogP contribution < -0.4 is 0 Å². The summed E-state index contributed by atoms with van der Waals surface area (Å²) in [4.78, 5) is 4.72. The average Bonchev–Trinajstić information content (AvgIpc) is 3.09. The molecule has 112 valence electrons. The van der Waals surface area contributed by atoms with Crippen molar-refractivity contribution < 1.29 is 0 Å². The third-order valence-corrected chi connectivity index (χ3v) is 5.46. The van der Waals surface area contributed by atoms with E-state index < -0.39 is 0 Å². The Balaban J connectivity index is 1.45. The molecule has 0 atom stereocenters. The van der Waals surface area contributed by atoms with Gasteiger partial charge in [0.2, 0.25) is 5.16 Å². The van der Waals surface area contributed by atoms with Crippen molar-refractivity contribution >= 4 is 23.1 Å². The number of hydrogen-bond acceptors (Lipinski definition) is 6. The number of aryl methyl sites for hydroxylation is 1. The number of thioether (sulfide) groups is 1. The minimum absolute atomic E-state index is 0.510. The molecule has 0 N–H and O–H groups in total. The summed E-state index contributed by atoms with van der Waals surface area (Å²) < 4.78 is 1.94. The lowest BCUT2D eigenvalue weighted by Crippen LogP contribution is -1.98. The average molecular weight is 329 g/mol. The Kier molecular flexibility index (Phi) is 3.67. The molecule has 0 aliphatic heterocycles. The van der Waals surface area contributed by atoms with Crippen LogP contribution >= 0.6 is 23.1 Å². The van der Waals surface area contributed by atoms with E-state index in [1.165, 1.54) is 24.0 Å². The largest absolute Gasteiger partial charge is 0.240 e. The second-order valence-electron chi connectivity index (χ2n) is 5.44. The fourth-order valence-corrected chi connectivity index (χ4v) is 3.94. The van der Waals surface area contributed by atoms with Crippen LogP contribution in [0.5, 0.6) is 0 Å². The molecule has 0 unspecified atom stereocenters. The van der Waals surface area contributed by atoms with Gasteiger partial charge in [-0.1, -0.05) is 41.6 Å². The molecule has 1 saturated carbocycles. The molecular weight excluding hydrogens is 314 g/mol. The molecule has 5 nitrogen and oxygen atoms in total. The van der Waals surface area contributed by atoms with Gasteiger partial charge in [-0.25, -0.2) is 9.67 Å². The first-order chi connectivity index (χ1) is 10.8. The zero-order valence-electron chi connectivity index (χ0n) is 12.1. The molecule has 3 aromatic rings. The van der Waals surface area contributed by atoms with Crippen LogP contribution in [0, 0.1) is 6.92 Å². The molecule has 22 heavy (non-hydrogen) atoms. The van der Waals surface area contributed by atoms with Crippen molar-refractivity contribution in [3.05, 3.63) is 40.9 Å². The van der Waals surface area contributed by atoms with Gasteiger partial charge in [0.15, 0.2) is 0 Å². The molecule has 0 amide bonds. The van der Waals surface area contributed by atoms with Crippen LogP contribution in [-0.2, 0) is 5.75 Å². The number of rotatable bonds is 5. The van der Waals surface area contributed by atoms with Gasteiger partial charge in [0.1, 0.15) is 5.01 Å². The van der Waals surface area contributed by atoms with Crippen molar-refractivity contribution in [2.45, 2.75) is 36.7 Å². The highest BCUT2D eigenvalue weighted by Crippen LogP contribution is 2.37. The fourth-order valence-electron chi connectivity index (χ4n) is 2.17. The maximum Gasteiger partial charge on any atom is 0.209 e.